The van der Waals surface area contributed by atoms with Crippen LogP contribution < -0.4 is 5.32 Å². The molecule has 0 saturated carbocycles. The molecule has 0 aliphatic carbocycles. The fourth-order valence-corrected chi connectivity index (χ4v) is 2.25. The molecule has 2 rings (SSSR count). The zero-order valence-corrected chi connectivity index (χ0v) is 7.75. The van der Waals surface area contributed by atoms with Crippen molar-refractivity contribution < 1.29 is 4.74 Å². The zero-order chi connectivity index (χ0) is 8.39. The van der Waals surface area contributed by atoms with Gasteiger partial charge in [-0.05, 0) is 19.9 Å². The number of rotatable bonds is 1. The Bertz CT molecular complexity index is 145. The molecule has 3 heteroatoms. The lowest BCUT2D eigenvalue weighted by atomic mass is 10.1. The number of hydrogen-bond acceptors (Lipinski definition) is 3. The highest BCUT2D eigenvalue weighted by atomic mass is 16.5. The van der Waals surface area contributed by atoms with Gasteiger partial charge in [-0.3, -0.25) is 4.90 Å². The highest BCUT2D eigenvalue weighted by Crippen LogP contribution is 2.15. The molecule has 0 amide bonds. The van der Waals surface area contributed by atoms with Crippen LogP contribution >= 0.6 is 0 Å². The van der Waals surface area contributed by atoms with Crippen LogP contribution in [0.5, 0.6) is 0 Å². The van der Waals surface area contributed by atoms with E-state index >= 15 is 0 Å². The summed E-state index contributed by atoms with van der Waals surface area (Å²) >= 11 is 0. The van der Waals surface area contributed by atoms with Gasteiger partial charge in [-0.25, -0.2) is 0 Å². The van der Waals surface area contributed by atoms with Crippen LogP contribution in [-0.2, 0) is 4.74 Å². The largest absolute Gasteiger partial charge is 0.379 e. The first-order valence-electron chi connectivity index (χ1n) is 4.93. The Morgan fingerprint density at radius 1 is 1.33 bits per heavy atom. The van der Waals surface area contributed by atoms with E-state index in [4.69, 9.17) is 4.74 Å². The summed E-state index contributed by atoms with van der Waals surface area (Å²) in [6, 6.07) is 1.43. The molecule has 2 aliphatic heterocycles. The van der Waals surface area contributed by atoms with Gasteiger partial charge in [0.15, 0.2) is 0 Å². The van der Waals surface area contributed by atoms with Crippen LogP contribution in [0.15, 0.2) is 0 Å². The molecule has 3 nitrogen and oxygen atoms in total. The Labute approximate surface area is 74.1 Å². The lowest BCUT2D eigenvalue weighted by Crippen LogP contribution is -2.47. The molecule has 0 aromatic carbocycles. The average molecular weight is 170 g/mol. The van der Waals surface area contributed by atoms with E-state index in [-0.39, 0.29) is 0 Å². The third-order valence-corrected chi connectivity index (χ3v) is 3.00. The molecule has 0 unspecified atom stereocenters. The number of morpholine rings is 1. The van der Waals surface area contributed by atoms with Crippen molar-refractivity contribution >= 4 is 0 Å². The van der Waals surface area contributed by atoms with Gasteiger partial charge in [0.2, 0.25) is 0 Å². The lowest BCUT2D eigenvalue weighted by molar-refractivity contribution is 0.0152. The minimum Gasteiger partial charge on any atom is -0.379 e. The minimum atomic E-state index is 0.670. The number of hydrogen-bond donors (Lipinski definition) is 1. The van der Waals surface area contributed by atoms with Crippen LogP contribution in [-0.4, -0.2) is 49.8 Å². The third kappa shape index (κ3) is 1.63. The highest BCUT2D eigenvalue weighted by Gasteiger charge is 2.29. The third-order valence-electron chi connectivity index (χ3n) is 3.00. The van der Waals surface area contributed by atoms with E-state index in [0.717, 1.165) is 32.3 Å². The van der Waals surface area contributed by atoms with Crippen LogP contribution in [0.1, 0.15) is 13.3 Å². The van der Waals surface area contributed by atoms with Crippen molar-refractivity contribution in [2.24, 2.45) is 0 Å². The van der Waals surface area contributed by atoms with Gasteiger partial charge in [-0.2, -0.15) is 0 Å². The molecule has 0 aromatic rings. The van der Waals surface area contributed by atoms with E-state index in [9.17, 15) is 0 Å². The molecule has 12 heavy (non-hydrogen) atoms. The van der Waals surface area contributed by atoms with Crippen molar-refractivity contribution in [2.45, 2.75) is 25.4 Å². The van der Waals surface area contributed by atoms with Gasteiger partial charge >= 0.3 is 0 Å². The Hall–Kier alpha value is -0.120. The summed E-state index contributed by atoms with van der Waals surface area (Å²) in [6.45, 7) is 7.55. The van der Waals surface area contributed by atoms with Gasteiger partial charge in [-0.1, -0.05) is 0 Å². The summed E-state index contributed by atoms with van der Waals surface area (Å²) in [4.78, 5) is 2.56. The second-order valence-corrected chi connectivity index (χ2v) is 3.75. The van der Waals surface area contributed by atoms with E-state index in [1.807, 2.05) is 0 Å². The van der Waals surface area contributed by atoms with Gasteiger partial charge in [0, 0.05) is 25.2 Å². The van der Waals surface area contributed by atoms with Crippen LogP contribution in [0.2, 0.25) is 0 Å². The maximum atomic E-state index is 5.33. The predicted molar refractivity (Wildman–Crippen MR) is 48.3 cm³/mol. The van der Waals surface area contributed by atoms with Gasteiger partial charge in [-0.15, -0.1) is 0 Å². The van der Waals surface area contributed by atoms with Crippen molar-refractivity contribution in [3.05, 3.63) is 0 Å². The number of nitrogens with zero attached hydrogens (tertiary/aromatic N) is 1. The second-order valence-electron chi connectivity index (χ2n) is 3.75. The molecule has 0 spiro atoms. The number of ether oxygens (including phenoxy) is 1. The summed E-state index contributed by atoms with van der Waals surface area (Å²) in [5.74, 6) is 0. The van der Waals surface area contributed by atoms with Crippen LogP contribution in [0.4, 0.5) is 0 Å². The molecule has 2 fully saturated rings. The SMILES string of the molecule is C[C@@H]1NCC[C@H]1N1CCOCC1. The molecule has 2 atom stereocenters. The maximum Gasteiger partial charge on any atom is 0.0594 e. The van der Waals surface area contributed by atoms with E-state index in [0.29, 0.717) is 6.04 Å². The van der Waals surface area contributed by atoms with Gasteiger partial charge in [0.1, 0.15) is 0 Å². The molecule has 0 bridgehead atoms. The quantitative estimate of drug-likeness (QED) is 0.602. The van der Waals surface area contributed by atoms with E-state index < -0.39 is 0 Å². The summed E-state index contributed by atoms with van der Waals surface area (Å²) in [7, 11) is 0. The molecule has 0 aromatic heterocycles. The normalized spacial score (nSPS) is 38.8. The Kier molecular flexibility index (Phi) is 2.63. The van der Waals surface area contributed by atoms with Crippen molar-refractivity contribution in [3.63, 3.8) is 0 Å². The van der Waals surface area contributed by atoms with E-state index in [1.54, 1.807) is 0 Å². The van der Waals surface area contributed by atoms with Crippen molar-refractivity contribution in [1.29, 1.82) is 0 Å². The summed E-state index contributed by atoms with van der Waals surface area (Å²) < 4.78 is 5.33. The fourth-order valence-electron chi connectivity index (χ4n) is 2.25. The first-order chi connectivity index (χ1) is 5.88. The van der Waals surface area contributed by atoms with Crippen molar-refractivity contribution in [1.82, 2.24) is 10.2 Å². The summed E-state index contributed by atoms with van der Waals surface area (Å²) in [6.07, 6.45) is 1.31. The van der Waals surface area contributed by atoms with Crippen molar-refractivity contribution in [2.75, 3.05) is 32.8 Å². The smallest absolute Gasteiger partial charge is 0.0594 e. The standard InChI is InChI=1S/C9H18N2O/c1-8-9(2-3-10-8)11-4-6-12-7-5-11/h8-10H,2-7H2,1H3/t8-,9+/m0/s1. The first kappa shape index (κ1) is 8.48. The number of nitrogens with one attached hydrogen (secondary N) is 1. The molecule has 70 valence electrons. The van der Waals surface area contributed by atoms with Gasteiger partial charge in [0.05, 0.1) is 13.2 Å². The highest BCUT2D eigenvalue weighted by molar-refractivity contribution is 4.88. The Morgan fingerprint density at radius 2 is 2.08 bits per heavy atom. The summed E-state index contributed by atoms with van der Waals surface area (Å²) in [5.41, 5.74) is 0. The Morgan fingerprint density at radius 3 is 2.67 bits per heavy atom. The van der Waals surface area contributed by atoms with E-state index in [2.05, 4.69) is 17.1 Å². The van der Waals surface area contributed by atoms with Gasteiger partial charge < -0.3 is 10.1 Å². The molecule has 2 heterocycles. The maximum absolute atomic E-state index is 5.33. The predicted octanol–water partition coefficient (Wildman–Crippen LogP) is 0.0690. The topological polar surface area (TPSA) is 24.5 Å². The Balaban J connectivity index is 1.89. The van der Waals surface area contributed by atoms with Crippen LogP contribution in [0.25, 0.3) is 0 Å². The fraction of sp³-hybridized carbons (Fsp3) is 1.00. The zero-order valence-electron chi connectivity index (χ0n) is 7.75. The molecule has 1 N–H and O–H groups in total. The van der Waals surface area contributed by atoms with E-state index in [1.165, 1.54) is 13.0 Å². The molecular formula is C9H18N2O. The molecular weight excluding hydrogens is 152 g/mol. The van der Waals surface area contributed by atoms with Crippen LogP contribution in [0, 0.1) is 0 Å². The monoisotopic (exact) mass is 170 g/mol. The molecule has 2 aliphatic rings. The lowest BCUT2D eigenvalue weighted by Gasteiger charge is -2.34. The van der Waals surface area contributed by atoms with Crippen molar-refractivity contribution in [3.8, 4) is 0 Å². The van der Waals surface area contributed by atoms with Crippen LogP contribution in [0.3, 0.4) is 0 Å². The molecule has 2 saturated heterocycles. The summed E-state index contributed by atoms with van der Waals surface area (Å²) in [5, 5.41) is 3.48. The minimum absolute atomic E-state index is 0.670. The first-order valence-corrected chi connectivity index (χ1v) is 4.93. The van der Waals surface area contributed by atoms with Gasteiger partial charge in [0.25, 0.3) is 0 Å². The second kappa shape index (κ2) is 3.73. The average Bonchev–Trinajstić information content (AvgIpc) is 2.53. The molecule has 0 radical (unpaired) electrons.